The van der Waals surface area contributed by atoms with Crippen LogP contribution in [-0.4, -0.2) is 26.2 Å². The van der Waals surface area contributed by atoms with Gasteiger partial charge in [-0.2, -0.15) is 6.08 Å². The molecule has 6 heteroatoms. The number of carbonyl (C=O) groups is 2. The molecule has 0 radical (unpaired) electrons. The molecule has 0 rings (SSSR count). The van der Waals surface area contributed by atoms with Crippen LogP contribution in [0.1, 0.15) is 6.92 Å². The van der Waals surface area contributed by atoms with E-state index in [-0.39, 0.29) is 5.57 Å². The van der Waals surface area contributed by atoms with Gasteiger partial charge in [-0.1, -0.05) is 6.92 Å². The second-order valence-corrected chi connectivity index (χ2v) is 1.73. The molecule has 13 heavy (non-hydrogen) atoms. The zero-order chi connectivity index (χ0) is 10.9. The molecule has 0 aliphatic heterocycles. The van der Waals surface area contributed by atoms with Crippen LogP contribution in [0.25, 0.3) is 0 Å². The predicted octanol–water partition coefficient (Wildman–Crippen LogP) is -0.0394. The van der Waals surface area contributed by atoms with E-state index < -0.39 is 11.9 Å². The molecule has 0 saturated carbocycles. The van der Waals surface area contributed by atoms with Crippen LogP contribution in [0, 0.1) is 6.08 Å². The van der Waals surface area contributed by atoms with Gasteiger partial charge in [-0.25, -0.2) is 0 Å². The first kappa shape index (κ1) is 14.7. The molecule has 0 heterocycles. The molecule has 0 atom stereocenters. The molecule has 0 N–H and O–H groups in total. The number of rotatable bonds is 2. The molecule has 0 amide bonds. The van der Waals surface area contributed by atoms with E-state index in [1.807, 2.05) is 0 Å². The van der Waals surface area contributed by atoms with Gasteiger partial charge in [0.25, 0.3) is 0 Å². The van der Waals surface area contributed by atoms with Gasteiger partial charge in [-0.3, -0.25) is 4.79 Å². The van der Waals surface area contributed by atoms with Crippen molar-refractivity contribution in [1.82, 2.24) is 0 Å². The zero-order valence-electron chi connectivity index (χ0n) is 7.45. The summed E-state index contributed by atoms with van der Waals surface area (Å²) in [7, 11) is 2.44. The minimum atomic E-state index is -0.687. The van der Waals surface area contributed by atoms with Crippen LogP contribution in [0.4, 0.5) is 0 Å². The van der Waals surface area contributed by atoms with Crippen LogP contribution >= 0.6 is 0 Å². The van der Waals surface area contributed by atoms with Gasteiger partial charge in [0.15, 0.2) is 5.97 Å². The van der Waals surface area contributed by atoms with Gasteiger partial charge in [0.2, 0.25) is 5.97 Å². The van der Waals surface area contributed by atoms with Crippen molar-refractivity contribution in [2.45, 2.75) is 6.92 Å². The monoisotopic (exact) mass is 357 g/mol. The van der Waals surface area contributed by atoms with Gasteiger partial charge in [-0.05, 0) is 0 Å². The Morgan fingerprint density at radius 1 is 1.15 bits per heavy atom. The van der Waals surface area contributed by atoms with Gasteiger partial charge in [0.05, 0.1) is 14.2 Å². The molecule has 0 unspecified atom stereocenters. The van der Waals surface area contributed by atoms with Gasteiger partial charge < -0.3 is 14.3 Å². The number of ether oxygens (including phenoxy) is 2. The molecule has 0 aliphatic rings. The summed E-state index contributed by atoms with van der Waals surface area (Å²) >= 11 is 0.333. The molecule has 0 aromatic heterocycles. The average Bonchev–Trinajstić information content (AvgIpc) is 2.19. The van der Waals surface area contributed by atoms with E-state index in [1.165, 1.54) is 21.1 Å². The van der Waals surface area contributed by atoms with Gasteiger partial charge in [0.1, 0.15) is 0 Å². The third-order valence-corrected chi connectivity index (χ3v) is 0.967. The van der Waals surface area contributed by atoms with Crippen LogP contribution in [0.5, 0.6) is 0 Å². The van der Waals surface area contributed by atoms with Crippen molar-refractivity contribution in [3.63, 3.8) is 0 Å². The van der Waals surface area contributed by atoms with Crippen molar-refractivity contribution in [1.29, 1.82) is 0 Å². The van der Waals surface area contributed by atoms with Crippen LogP contribution in [0.15, 0.2) is 5.57 Å². The molecule has 0 saturated heterocycles. The third-order valence-electron chi connectivity index (χ3n) is 0.967. The average molecular weight is 357 g/mol. The fourth-order valence-electron chi connectivity index (χ4n) is 0.408. The van der Waals surface area contributed by atoms with Crippen molar-refractivity contribution in [3.8, 4) is 0 Å². The van der Waals surface area contributed by atoms with E-state index in [0.29, 0.717) is 19.8 Å². The van der Waals surface area contributed by atoms with E-state index in [1.54, 1.807) is 0 Å². The quantitative estimate of drug-likeness (QED) is 0.394. The maximum absolute atomic E-state index is 10.6. The first-order valence-corrected chi connectivity index (χ1v) is 4.25. The standard InChI is InChI=1S/C7H9O4.O.W/c1-5(7(9)11-3)4-6(8)10-2;;/h1-3H3;;/q-1;;. The summed E-state index contributed by atoms with van der Waals surface area (Å²) in [6, 6.07) is 0. The molecular formula is C7H9O5W-. The van der Waals surface area contributed by atoms with Crippen molar-refractivity contribution in [3.05, 3.63) is 11.6 Å². The van der Waals surface area contributed by atoms with Gasteiger partial charge in [-0.15, -0.1) is 5.57 Å². The van der Waals surface area contributed by atoms with Crippen molar-refractivity contribution in [2.75, 3.05) is 14.2 Å². The van der Waals surface area contributed by atoms with E-state index in [0.717, 1.165) is 0 Å². The van der Waals surface area contributed by atoms with Crippen molar-refractivity contribution < 1.29 is 42.2 Å². The first-order chi connectivity index (χ1) is 6.11. The summed E-state index contributed by atoms with van der Waals surface area (Å²) in [6.07, 6.45) is 2.16. The Kier molecular flexibility index (Phi) is 10.5. The second-order valence-electron chi connectivity index (χ2n) is 1.73. The van der Waals surface area contributed by atoms with Gasteiger partial charge in [0, 0.05) is 0 Å². The Bertz CT molecular complexity index is 211. The number of esters is 2. The minimum absolute atomic E-state index is 0.0966. The Morgan fingerprint density at radius 3 is 1.92 bits per heavy atom. The fourth-order valence-corrected chi connectivity index (χ4v) is 0.408. The SMILES string of the molecule is COC(=O)[C-]=C(C)C(=O)OC.[O]=[W]. The van der Waals surface area contributed by atoms with Crippen LogP contribution in [0.2, 0.25) is 0 Å². The first-order valence-electron chi connectivity index (χ1n) is 3.05. The Labute approximate surface area is 87.3 Å². The van der Waals surface area contributed by atoms with E-state index in [9.17, 15) is 9.59 Å². The van der Waals surface area contributed by atoms with Crippen LogP contribution < -0.4 is 0 Å². The predicted molar refractivity (Wildman–Crippen MR) is 37.1 cm³/mol. The molecular weight excluding hydrogens is 348 g/mol. The summed E-state index contributed by atoms with van der Waals surface area (Å²) in [5, 5.41) is 0. The summed E-state index contributed by atoms with van der Waals surface area (Å²) < 4.78 is 16.9. The molecule has 0 aromatic rings. The third kappa shape index (κ3) is 7.53. The Morgan fingerprint density at radius 2 is 1.62 bits per heavy atom. The van der Waals surface area contributed by atoms with Crippen LogP contribution in [-0.2, 0) is 42.2 Å². The normalized spacial score (nSPS) is 9.31. The maximum atomic E-state index is 10.6. The molecule has 74 valence electrons. The molecule has 0 aliphatic carbocycles. The summed E-state index contributed by atoms with van der Waals surface area (Å²) in [5.41, 5.74) is 0.0966. The Balaban J connectivity index is 0. The number of hydrogen-bond donors (Lipinski definition) is 0. The molecule has 5 nitrogen and oxygen atoms in total. The zero-order valence-corrected chi connectivity index (χ0v) is 10.4. The number of hydrogen-bond acceptors (Lipinski definition) is 5. The van der Waals surface area contributed by atoms with Crippen LogP contribution in [0.3, 0.4) is 0 Å². The van der Waals surface area contributed by atoms with E-state index in [4.69, 9.17) is 3.40 Å². The number of carbonyl (C=O) groups excluding carboxylic acids is 2. The van der Waals surface area contributed by atoms with Crippen molar-refractivity contribution in [2.24, 2.45) is 0 Å². The Hall–Kier alpha value is -0.832. The molecule has 0 fully saturated rings. The summed E-state index contributed by atoms with van der Waals surface area (Å²) in [4.78, 5) is 21.1. The summed E-state index contributed by atoms with van der Waals surface area (Å²) in [5.74, 6) is -1.27. The van der Waals surface area contributed by atoms with E-state index in [2.05, 4.69) is 15.5 Å². The fraction of sp³-hybridized carbons (Fsp3) is 0.429. The molecule has 0 spiro atoms. The van der Waals surface area contributed by atoms with E-state index >= 15 is 0 Å². The summed E-state index contributed by atoms with van der Waals surface area (Å²) in [6.45, 7) is 1.42. The second kappa shape index (κ2) is 9.26. The molecule has 0 bridgehead atoms. The topological polar surface area (TPSA) is 69.7 Å². The molecule has 0 aromatic carbocycles. The van der Waals surface area contributed by atoms with Gasteiger partial charge >= 0.3 is 23.2 Å². The van der Waals surface area contributed by atoms with Crippen molar-refractivity contribution >= 4 is 11.9 Å². The number of methoxy groups -OCH3 is 2.